The number of anilines is 1. The smallest absolute Gasteiger partial charge is 0.224 e. The van der Waals surface area contributed by atoms with Crippen molar-refractivity contribution in [2.24, 2.45) is 0 Å². The first-order valence-electron chi connectivity index (χ1n) is 8.83. The molecule has 1 amide bonds. The second kappa shape index (κ2) is 6.30. The van der Waals surface area contributed by atoms with Crippen LogP contribution in [0.25, 0.3) is 0 Å². The molecule has 0 bridgehead atoms. The van der Waals surface area contributed by atoms with E-state index < -0.39 is 0 Å². The van der Waals surface area contributed by atoms with Crippen molar-refractivity contribution >= 4 is 11.6 Å². The Bertz CT molecular complexity index is 738. The van der Waals surface area contributed by atoms with Gasteiger partial charge in [-0.25, -0.2) is 4.98 Å². The van der Waals surface area contributed by atoms with Gasteiger partial charge in [-0.3, -0.25) is 4.79 Å². The van der Waals surface area contributed by atoms with Crippen molar-refractivity contribution in [2.45, 2.75) is 32.1 Å². The van der Waals surface area contributed by atoms with Crippen LogP contribution in [0.15, 0.2) is 30.5 Å². The third-order valence-corrected chi connectivity index (χ3v) is 5.23. The molecule has 2 aliphatic rings. The van der Waals surface area contributed by atoms with Crippen molar-refractivity contribution in [1.82, 2.24) is 14.9 Å². The zero-order valence-corrected chi connectivity index (χ0v) is 14.2. The predicted molar refractivity (Wildman–Crippen MR) is 94.2 cm³/mol. The second-order valence-corrected chi connectivity index (χ2v) is 6.89. The topological polar surface area (TPSA) is 52.2 Å². The van der Waals surface area contributed by atoms with Crippen LogP contribution in [0.5, 0.6) is 0 Å². The number of aromatic nitrogens is 2. The van der Waals surface area contributed by atoms with Crippen LogP contribution < -0.4 is 4.90 Å². The van der Waals surface area contributed by atoms with Gasteiger partial charge in [0.2, 0.25) is 5.91 Å². The number of carbonyl (C=O) groups is 1. The molecule has 1 aromatic heterocycles. The van der Waals surface area contributed by atoms with Crippen LogP contribution in [0.4, 0.5) is 5.69 Å². The maximum Gasteiger partial charge on any atom is 0.224 e. The van der Waals surface area contributed by atoms with Gasteiger partial charge in [0, 0.05) is 56.1 Å². The number of nitrogens with one attached hydrogen (secondary N) is 1. The van der Waals surface area contributed by atoms with Gasteiger partial charge in [-0.1, -0.05) is 18.2 Å². The summed E-state index contributed by atoms with van der Waals surface area (Å²) in [5.41, 5.74) is 3.79. The van der Waals surface area contributed by atoms with Crippen molar-refractivity contribution in [3.63, 3.8) is 0 Å². The zero-order valence-electron chi connectivity index (χ0n) is 14.2. The summed E-state index contributed by atoms with van der Waals surface area (Å²) in [5, 5.41) is 0. The van der Waals surface area contributed by atoms with E-state index >= 15 is 0 Å². The average molecular weight is 324 g/mol. The van der Waals surface area contributed by atoms with Crippen LogP contribution in [0, 0.1) is 6.92 Å². The molecule has 1 N–H and O–H groups in total. The van der Waals surface area contributed by atoms with E-state index in [9.17, 15) is 4.79 Å². The Balaban J connectivity index is 1.31. The van der Waals surface area contributed by atoms with Gasteiger partial charge in [-0.15, -0.1) is 0 Å². The van der Waals surface area contributed by atoms with E-state index in [0.717, 1.165) is 50.5 Å². The lowest BCUT2D eigenvalue weighted by molar-refractivity contribution is -0.129. The zero-order chi connectivity index (χ0) is 16.5. The van der Waals surface area contributed by atoms with E-state index in [1.165, 1.54) is 11.3 Å². The number of aryl methyl sites for hydroxylation is 1. The van der Waals surface area contributed by atoms with E-state index in [2.05, 4.69) is 39.1 Å². The van der Waals surface area contributed by atoms with Gasteiger partial charge in [0.25, 0.3) is 0 Å². The first kappa shape index (κ1) is 15.2. The first-order valence-corrected chi connectivity index (χ1v) is 8.83. The molecule has 126 valence electrons. The second-order valence-electron chi connectivity index (χ2n) is 6.89. The van der Waals surface area contributed by atoms with Crippen molar-refractivity contribution in [3.8, 4) is 0 Å². The van der Waals surface area contributed by atoms with Crippen LogP contribution in [-0.2, 0) is 11.2 Å². The summed E-state index contributed by atoms with van der Waals surface area (Å²) in [6, 6.07) is 8.52. The van der Waals surface area contributed by atoms with Gasteiger partial charge in [-0.2, -0.15) is 0 Å². The normalized spacial score (nSPS) is 19.8. The Kier molecular flexibility index (Phi) is 4.00. The molecule has 24 heavy (non-hydrogen) atoms. The molecule has 0 saturated carbocycles. The Morgan fingerprint density at radius 2 is 2.21 bits per heavy atom. The third-order valence-electron chi connectivity index (χ3n) is 5.23. The lowest BCUT2D eigenvalue weighted by Crippen LogP contribution is -2.32. The standard InChI is InChI=1S/C19H24N4O/c1-14-12-20-19(21-14)16-7-10-23(13-16)18(24)8-11-22-9-6-15-4-2-3-5-17(15)22/h2-5,12,16H,6-11,13H2,1H3,(H,20,21)/t16-/m0/s1. The van der Waals surface area contributed by atoms with Crippen molar-refractivity contribution in [1.29, 1.82) is 0 Å². The number of fused-ring (bicyclic) bond motifs is 1. The number of rotatable bonds is 4. The number of nitrogens with zero attached hydrogens (tertiary/aromatic N) is 3. The van der Waals surface area contributed by atoms with Crippen LogP contribution in [0.1, 0.15) is 35.8 Å². The fourth-order valence-electron chi connectivity index (χ4n) is 3.88. The number of para-hydroxylation sites is 1. The first-order chi connectivity index (χ1) is 11.7. The highest BCUT2D eigenvalue weighted by molar-refractivity contribution is 5.77. The van der Waals surface area contributed by atoms with Gasteiger partial charge in [0.1, 0.15) is 5.82 Å². The molecule has 3 heterocycles. The Morgan fingerprint density at radius 3 is 3.04 bits per heavy atom. The van der Waals surface area contributed by atoms with Crippen molar-refractivity contribution < 1.29 is 4.79 Å². The number of imidazole rings is 1. The summed E-state index contributed by atoms with van der Waals surface area (Å²) >= 11 is 0. The number of amides is 1. The quantitative estimate of drug-likeness (QED) is 0.940. The van der Waals surface area contributed by atoms with E-state index in [1.807, 2.05) is 18.0 Å². The molecule has 2 aliphatic heterocycles. The molecule has 0 aliphatic carbocycles. The van der Waals surface area contributed by atoms with E-state index in [4.69, 9.17) is 0 Å². The minimum atomic E-state index is 0.269. The largest absolute Gasteiger partial charge is 0.370 e. The highest BCUT2D eigenvalue weighted by atomic mass is 16.2. The average Bonchev–Trinajstić information content (AvgIpc) is 3.31. The molecule has 0 spiro atoms. The molecule has 1 atom stereocenters. The van der Waals surface area contributed by atoms with Crippen molar-refractivity contribution in [2.75, 3.05) is 31.1 Å². The molecule has 1 fully saturated rings. The molecular weight excluding hydrogens is 300 g/mol. The molecule has 2 aromatic rings. The van der Waals surface area contributed by atoms with Crippen molar-refractivity contribution in [3.05, 3.63) is 47.5 Å². The highest BCUT2D eigenvalue weighted by Crippen LogP contribution is 2.28. The number of H-pyrrole nitrogens is 1. The van der Waals surface area contributed by atoms with E-state index in [1.54, 1.807) is 0 Å². The fourth-order valence-corrected chi connectivity index (χ4v) is 3.88. The lowest BCUT2D eigenvalue weighted by Gasteiger charge is -2.21. The molecule has 1 aromatic carbocycles. The monoisotopic (exact) mass is 324 g/mol. The summed E-state index contributed by atoms with van der Waals surface area (Å²) in [6.45, 7) is 5.50. The summed E-state index contributed by atoms with van der Waals surface area (Å²) in [6.07, 6.45) is 4.56. The summed E-state index contributed by atoms with van der Waals surface area (Å²) in [5.74, 6) is 1.65. The summed E-state index contributed by atoms with van der Waals surface area (Å²) < 4.78 is 0. The number of hydrogen-bond donors (Lipinski definition) is 1. The molecule has 4 rings (SSSR count). The van der Waals surface area contributed by atoms with E-state index in [-0.39, 0.29) is 5.91 Å². The predicted octanol–water partition coefficient (Wildman–Crippen LogP) is 2.49. The molecule has 1 saturated heterocycles. The number of aromatic amines is 1. The minimum absolute atomic E-state index is 0.269. The number of carbonyl (C=O) groups excluding carboxylic acids is 1. The van der Waals surface area contributed by atoms with Crippen LogP contribution in [-0.4, -0.2) is 47.0 Å². The number of hydrogen-bond acceptors (Lipinski definition) is 3. The third kappa shape index (κ3) is 2.90. The molecule has 0 unspecified atom stereocenters. The molecular formula is C19H24N4O. The maximum absolute atomic E-state index is 12.6. The maximum atomic E-state index is 12.6. The summed E-state index contributed by atoms with van der Waals surface area (Å²) in [4.78, 5) is 24.6. The van der Waals surface area contributed by atoms with Crippen LogP contribution >= 0.6 is 0 Å². The molecule has 0 radical (unpaired) electrons. The minimum Gasteiger partial charge on any atom is -0.370 e. The SMILES string of the molecule is Cc1cnc([C@H]2CCN(C(=O)CCN3CCc4ccccc43)C2)[nH]1. The number of benzene rings is 1. The van der Waals surface area contributed by atoms with Gasteiger partial charge in [-0.05, 0) is 31.4 Å². The van der Waals surface area contributed by atoms with Gasteiger partial charge in [0.05, 0.1) is 0 Å². The number of likely N-dealkylation sites (tertiary alicyclic amines) is 1. The van der Waals surface area contributed by atoms with E-state index in [0.29, 0.717) is 12.3 Å². The Hall–Kier alpha value is -2.30. The molecule has 5 nitrogen and oxygen atoms in total. The lowest BCUT2D eigenvalue weighted by atomic mass is 10.1. The summed E-state index contributed by atoms with van der Waals surface area (Å²) in [7, 11) is 0. The Morgan fingerprint density at radius 1 is 1.33 bits per heavy atom. The van der Waals surface area contributed by atoms with Gasteiger partial charge in [0.15, 0.2) is 0 Å². The van der Waals surface area contributed by atoms with Crippen LogP contribution in [0.3, 0.4) is 0 Å². The Labute approximate surface area is 142 Å². The van der Waals surface area contributed by atoms with Gasteiger partial charge >= 0.3 is 0 Å². The fraction of sp³-hybridized carbons (Fsp3) is 0.474. The molecule has 5 heteroatoms. The van der Waals surface area contributed by atoms with Gasteiger partial charge < -0.3 is 14.8 Å². The highest BCUT2D eigenvalue weighted by Gasteiger charge is 2.29. The van der Waals surface area contributed by atoms with Crippen LogP contribution in [0.2, 0.25) is 0 Å².